The van der Waals surface area contributed by atoms with Crippen LogP contribution in [0.15, 0.2) is 13.2 Å². The van der Waals surface area contributed by atoms with Gasteiger partial charge in [-0.05, 0) is 39.4 Å². The van der Waals surface area contributed by atoms with Crippen LogP contribution in [0.1, 0.15) is 19.3 Å². The van der Waals surface area contributed by atoms with Crippen LogP contribution >= 0.6 is 0 Å². The Labute approximate surface area is 94.5 Å². The highest BCUT2D eigenvalue weighted by molar-refractivity contribution is 4.60. The molecule has 0 aromatic carbocycles. The third kappa shape index (κ3) is 9.91. The lowest BCUT2D eigenvalue weighted by molar-refractivity contribution is 0.198. The number of hydrogen-bond donors (Lipinski definition) is 1. The van der Waals surface area contributed by atoms with E-state index in [1.54, 1.807) is 0 Å². The van der Waals surface area contributed by atoms with Crippen LogP contribution in [0.25, 0.3) is 0 Å². The summed E-state index contributed by atoms with van der Waals surface area (Å²) >= 11 is 0. The zero-order valence-electron chi connectivity index (χ0n) is 10.1. The summed E-state index contributed by atoms with van der Waals surface area (Å²) in [5.74, 6) is 0. The molecule has 0 radical (unpaired) electrons. The second-order valence-corrected chi connectivity index (χ2v) is 3.73. The minimum Gasteiger partial charge on any atom is -0.381 e. The van der Waals surface area contributed by atoms with E-state index >= 15 is 0 Å². The van der Waals surface area contributed by atoms with Crippen molar-refractivity contribution in [1.29, 1.82) is 0 Å². The second-order valence-electron chi connectivity index (χ2n) is 3.73. The molecule has 0 aromatic heterocycles. The van der Waals surface area contributed by atoms with Crippen LogP contribution in [0.2, 0.25) is 0 Å². The number of likely N-dealkylation sites (N-methyl/N-ethyl adjacent to an activating group) is 1. The van der Waals surface area contributed by atoms with Gasteiger partial charge in [0.1, 0.15) is 0 Å². The van der Waals surface area contributed by atoms with E-state index in [4.69, 9.17) is 4.74 Å². The molecule has 2 saturated heterocycles. The van der Waals surface area contributed by atoms with Crippen molar-refractivity contribution in [2.75, 3.05) is 46.4 Å². The molecule has 0 atom stereocenters. The predicted octanol–water partition coefficient (Wildman–Crippen LogP) is 1.51. The predicted molar refractivity (Wildman–Crippen MR) is 66.3 cm³/mol. The molecular weight excluding hydrogens is 188 g/mol. The third-order valence-electron chi connectivity index (χ3n) is 2.39. The molecule has 0 aliphatic carbocycles. The summed E-state index contributed by atoms with van der Waals surface area (Å²) in [5, 5.41) is 3.34. The van der Waals surface area contributed by atoms with Crippen LogP contribution < -0.4 is 5.32 Å². The molecule has 2 aliphatic rings. The van der Waals surface area contributed by atoms with E-state index in [0.29, 0.717) is 0 Å². The van der Waals surface area contributed by atoms with Gasteiger partial charge >= 0.3 is 0 Å². The monoisotopic (exact) mass is 214 g/mol. The molecule has 0 bridgehead atoms. The maximum atomic E-state index is 4.94. The largest absolute Gasteiger partial charge is 0.381 e. The van der Waals surface area contributed by atoms with Crippen LogP contribution in [0.4, 0.5) is 0 Å². The fraction of sp³-hybridized carbons (Fsp3) is 0.833. The molecule has 0 spiro atoms. The quantitative estimate of drug-likeness (QED) is 0.619. The van der Waals surface area contributed by atoms with Crippen molar-refractivity contribution in [2.24, 2.45) is 0 Å². The number of hydrogen-bond acceptors (Lipinski definition) is 3. The lowest BCUT2D eigenvalue weighted by Gasteiger charge is -2.09. The highest BCUT2D eigenvalue weighted by atomic mass is 16.5. The van der Waals surface area contributed by atoms with Crippen molar-refractivity contribution in [3.63, 3.8) is 0 Å². The van der Waals surface area contributed by atoms with Crippen LogP contribution in [0.3, 0.4) is 0 Å². The van der Waals surface area contributed by atoms with Gasteiger partial charge in [-0.3, -0.25) is 0 Å². The van der Waals surface area contributed by atoms with Gasteiger partial charge in [0, 0.05) is 26.3 Å². The minimum atomic E-state index is 1.00. The number of ether oxygens (including phenoxy) is 1. The van der Waals surface area contributed by atoms with Gasteiger partial charge in [0.15, 0.2) is 0 Å². The summed E-state index contributed by atoms with van der Waals surface area (Å²) in [5.41, 5.74) is 0. The number of nitrogens with one attached hydrogen (secondary N) is 1. The lowest BCUT2D eigenvalue weighted by atomic mass is 10.4. The van der Waals surface area contributed by atoms with E-state index in [1.165, 1.54) is 38.9 Å². The Balaban J connectivity index is 0.000000241. The molecule has 2 rings (SSSR count). The van der Waals surface area contributed by atoms with Crippen molar-refractivity contribution >= 4 is 0 Å². The zero-order chi connectivity index (χ0) is 11.4. The third-order valence-corrected chi connectivity index (χ3v) is 2.39. The Hall–Kier alpha value is -0.380. The molecule has 0 unspecified atom stereocenters. The van der Waals surface area contributed by atoms with Gasteiger partial charge in [-0.15, -0.1) is 13.2 Å². The smallest absolute Gasteiger partial charge is 0.0466 e. The van der Waals surface area contributed by atoms with E-state index in [1.807, 2.05) is 0 Å². The zero-order valence-corrected chi connectivity index (χ0v) is 10.1. The van der Waals surface area contributed by atoms with Gasteiger partial charge in [-0.25, -0.2) is 0 Å². The minimum absolute atomic E-state index is 1.00. The number of nitrogens with zero attached hydrogens (tertiary/aromatic N) is 1. The normalized spacial score (nSPS) is 21.7. The molecule has 2 aliphatic heterocycles. The van der Waals surface area contributed by atoms with Crippen LogP contribution in [-0.2, 0) is 4.74 Å². The molecule has 2 fully saturated rings. The molecule has 3 nitrogen and oxygen atoms in total. The topological polar surface area (TPSA) is 24.5 Å². The van der Waals surface area contributed by atoms with Crippen LogP contribution in [0, 0.1) is 0 Å². The van der Waals surface area contributed by atoms with E-state index in [9.17, 15) is 0 Å². The van der Waals surface area contributed by atoms with Gasteiger partial charge in [0.05, 0.1) is 0 Å². The maximum Gasteiger partial charge on any atom is 0.0466 e. The van der Waals surface area contributed by atoms with Gasteiger partial charge in [-0.2, -0.15) is 0 Å². The average Bonchev–Trinajstić information content (AvgIpc) is 2.77. The van der Waals surface area contributed by atoms with Gasteiger partial charge in [0.2, 0.25) is 0 Å². The molecule has 0 amide bonds. The van der Waals surface area contributed by atoms with E-state index < -0.39 is 0 Å². The first-order chi connectivity index (χ1) is 7.39. The standard InChI is InChI=1S/C6H14N2.C4H8O.C2H4/c1-8-5-2-3-7-4-6-8;1-2-4-5-3-1;1-2/h7H,2-6H2,1H3;1-4H2;1-2H2. The first-order valence-corrected chi connectivity index (χ1v) is 5.86. The summed E-state index contributed by atoms with van der Waals surface area (Å²) in [6.07, 6.45) is 3.86. The van der Waals surface area contributed by atoms with Crippen LogP contribution in [-0.4, -0.2) is 51.3 Å². The van der Waals surface area contributed by atoms with E-state index in [2.05, 4.69) is 30.4 Å². The SMILES string of the molecule is C1CCOC1.C=C.CN1CCCNCC1. The molecule has 0 saturated carbocycles. The van der Waals surface area contributed by atoms with Crippen molar-refractivity contribution in [3.05, 3.63) is 13.2 Å². The fourth-order valence-corrected chi connectivity index (χ4v) is 1.49. The summed E-state index contributed by atoms with van der Waals surface area (Å²) < 4.78 is 4.94. The van der Waals surface area contributed by atoms with Gasteiger partial charge in [-0.1, -0.05) is 0 Å². The summed E-state index contributed by atoms with van der Waals surface area (Å²) in [6.45, 7) is 12.8. The second kappa shape index (κ2) is 11.7. The maximum absolute atomic E-state index is 4.94. The van der Waals surface area contributed by atoms with Crippen molar-refractivity contribution in [3.8, 4) is 0 Å². The summed E-state index contributed by atoms with van der Waals surface area (Å²) in [4.78, 5) is 2.36. The number of rotatable bonds is 0. The summed E-state index contributed by atoms with van der Waals surface area (Å²) in [7, 11) is 2.17. The molecule has 90 valence electrons. The molecule has 2 heterocycles. The average molecular weight is 214 g/mol. The summed E-state index contributed by atoms with van der Waals surface area (Å²) in [6, 6.07) is 0. The first-order valence-electron chi connectivity index (χ1n) is 5.86. The first kappa shape index (κ1) is 14.6. The molecule has 3 heteroatoms. The Kier molecular flexibility index (Phi) is 11.4. The van der Waals surface area contributed by atoms with E-state index in [-0.39, 0.29) is 0 Å². The van der Waals surface area contributed by atoms with Gasteiger partial charge in [0.25, 0.3) is 0 Å². The van der Waals surface area contributed by atoms with Crippen molar-refractivity contribution in [1.82, 2.24) is 10.2 Å². The Morgan fingerprint density at radius 2 is 1.67 bits per heavy atom. The molecule has 15 heavy (non-hydrogen) atoms. The van der Waals surface area contributed by atoms with Crippen molar-refractivity contribution < 1.29 is 4.74 Å². The highest BCUT2D eigenvalue weighted by Gasteiger charge is 2.00. The van der Waals surface area contributed by atoms with Crippen LogP contribution in [0.5, 0.6) is 0 Å². The van der Waals surface area contributed by atoms with Gasteiger partial charge < -0.3 is 15.0 Å². The highest BCUT2D eigenvalue weighted by Crippen LogP contribution is 1.98. The Morgan fingerprint density at radius 3 is 2.20 bits per heavy atom. The Bertz CT molecular complexity index is 111. The Morgan fingerprint density at radius 1 is 1.00 bits per heavy atom. The molecular formula is C12H26N2O. The fourth-order valence-electron chi connectivity index (χ4n) is 1.49. The molecule has 1 N–H and O–H groups in total. The lowest BCUT2D eigenvalue weighted by Crippen LogP contribution is -2.23. The van der Waals surface area contributed by atoms with Crippen molar-refractivity contribution in [2.45, 2.75) is 19.3 Å². The van der Waals surface area contributed by atoms with E-state index in [0.717, 1.165) is 19.8 Å². The molecule has 0 aromatic rings.